The Hall–Kier alpha value is -3.76. The Labute approximate surface area is 208 Å². The lowest BCUT2D eigenvalue weighted by Gasteiger charge is -2.31. The molecule has 36 heavy (non-hydrogen) atoms. The number of hydrogen-bond acceptors (Lipinski definition) is 6. The summed E-state index contributed by atoms with van der Waals surface area (Å²) in [5.41, 5.74) is 1.15. The molecule has 2 aliphatic heterocycles. The minimum absolute atomic E-state index is 0.0535. The van der Waals surface area contributed by atoms with E-state index in [0.717, 1.165) is 5.56 Å². The van der Waals surface area contributed by atoms with Crippen molar-refractivity contribution in [1.29, 1.82) is 0 Å². The molecule has 1 unspecified atom stereocenters. The highest BCUT2D eigenvalue weighted by Crippen LogP contribution is 2.19. The van der Waals surface area contributed by atoms with Crippen LogP contribution in [0.5, 0.6) is 0 Å². The maximum atomic E-state index is 13.2. The largest absolute Gasteiger partial charge is 0.466 e. The van der Waals surface area contributed by atoms with Crippen molar-refractivity contribution in [2.24, 2.45) is 5.92 Å². The first-order valence-electron chi connectivity index (χ1n) is 12.2. The first-order chi connectivity index (χ1) is 17.4. The SMILES string of the molecule is CCOC(=O)C1CCCN(C(=O)CNC(=O)c2cc3n(n2)CCCN(Cc2ccc(F)cc2)C3=O)C1. The van der Waals surface area contributed by atoms with E-state index in [1.165, 1.54) is 22.9 Å². The molecule has 0 bridgehead atoms. The fourth-order valence-corrected chi connectivity index (χ4v) is 4.52. The van der Waals surface area contributed by atoms with Gasteiger partial charge in [0.25, 0.3) is 11.8 Å². The van der Waals surface area contributed by atoms with Gasteiger partial charge in [-0.05, 0) is 43.9 Å². The number of aromatic nitrogens is 2. The standard InChI is InChI=1S/C25H30FN5O5/c1-2-36-25(35)18-5-3-10-29(16-18)22(32)14-27-23(33)20-13-21-24(34)30(11-4-12-31(21)28-20)15-17-6-8-19(26)9-7-17/h6-9,13,18H,2-5,10-12,14-16H2,1H3,(H,27,33). The Balaban J connectivity index is 1.35. The summed E-state index contributed by atoms with van der Waals surface area (Å²) in [5, 5.41) is 6.86. The summed E-state index contributed by atoms with van der Waals surface area (Å²) in [7, 11) is 0. The molecule has 2 aliphatic rings. The summed E-state index contributed by atoms with van der Waals surface area (Å²) < 4.78 is 19.8. The molecule has 1 saturated heterocycles. The second kappa shape index (κ2) is 11.3. The molecule has 0 spiro atoms. The van der Waals surface area contributed by atoms with Gasteiger partial charge < -0.3 is 19.9 Å². The monoisotopic (exact) mass is 499 g/mol. The van der Waals surface area contributed by atoms with Crippen molar-refractivity contribution in [3.8, 4) is 0 Å². The fourth-order valence-electron chi connectivity index (χ4n) is 4.52. The van der Waals surface area contributed by atoms with Crippen LogP contribution in [-0.4, -0.2) is 76.1 Å². The number of rotatable bonds is 7. The number of amides is 3. The summed E-state index contributed by atoms with van der Waals surface area (Å²) in [6.07, 6.45) is 2.01. The van der Waals surface area contributed by atoms with Crippen LogP contribution >= 0.6 is 0 Å². The molecule has 1 N–H and O–H groups in total. The highest BCUT2D eigenvalue weighted by Gasteiger charge is 2.30. The quantitative estimate of drug-likeness (QED) is 0.579. The van der Waals surface area contributed by atoms with Crippen molar-refractivity contribution >= 4 is 23.7 Å². The molecule has 3 heterocycles. The molecule has 0 saturated carbocycles. The van der Waals surface area contributed by atoms with Crippen LogP contribution in [0.1, 0.15) is 52.7 Å². The molecular formula is C25H30FN5O5. The van der Waals surface area contributed by atoms with E-state index in [4.69, 9.17) is 4.74 Å². The number of carbonyl (C=O) groups is 4. The van der Waals surface area contributed by atoms with Crippen molar-refractivity contribution in [2.45, 2.75) is 39.3 Å². The number of esters is 1. The number of nitrogens with zero attached hydrogens (tertiary/aromatic N) is 4. The molecule has 4 rings (SSSR count). The number of likely N-dealkylation sites (tertiary alicyclic amines) is 1. The molecule has 1 aromatic heterocycles. The molecule has 1 aromatic carbocycles. The van der Waals surface area contributed by atoms with Gasteiger partial charge in [-0.25, -0.2) is 4.39 Å². The maximum Gasteiger partial charge on any atom is 0.310 e. The fraction of sp³-hybridized carbons (Fsp3) is 0.480. The third-order valence-corrected chi connectivity index (χ3v) is 6.40. The third-order valence-electron chi connectivity index (χ3n) is 6.40. The number of piperidine rings is 1. The van der Waals surface area contributed by atoms with Gasteiger partial charge in [-0.2, -0.15) is 5.10 Å². The summed E-state index contributed by atoms with van der Waals surface area (Å²) >= 11 is 0. The number of ether oxygens (including phenoxy) is 1. The molecule has 1 atom stereocenters. The molecule has 3 amide bonds. The van der Waals surface area contributed by atoms with E-state index in [0.29, 0.717) is 57.7 Å². The van der Waals surface area contributed by atoms with Crippen LogP contribution in [0.15, 0.2) is 30.3 Å². The van der Waals surface area contributed by atoms with Crippen LogP contribution in [0.4, 0.5) is 4.39 Å². The lowest BCUT2D eigenvalue weighted by Crippen LogP contribution is -2.46. The second-order valence-electron chi connectivity index (χ2n) is 8.96. The van der Waals surface area contributed by atoms with Gasteiger partial charge in [0.05, 0.1) is 19.1 Å². The third kappa shape index (κ3) is 5.89. The zero-order chi connectivity index (χ0) is 25.7. The number of fused-ring (bicyclic) bond motifs is 1. The van der Waals surface area contributed by atoms with Gasteiger partial charge in [0.2, 0.25) is 5.91 Å². The first-order valence-corrected chi connectivity index (χ1v) is 12.2. The first kappa shape index (κ1) is 25.3. The van der Waals surface area contributed by atoms with Crippen molar-refractivity contribution in [1.82, 2.24) is 24.9 Å². The van der Waals surface area contributed by atoms with Crippen LogP contribution in [0.25, 0.3) is 0 Å². The summed E-state index contributed by atoms with van der Waals surface area (Å²) in [6, 6.07) is 7.41. The van der Waals surface area contributed by atoms with Gasteiger partial charge in [0.15, 0.2) is 5.69 Å². The Morgan fingerprint density at radius 2 is 1.92 bits per heavy atom. The van der Waals surface area contributed by atoms with E-state index in [1.807, 2.05) is 0 Å². The zero-order valence-electron chi connectivity index (χ0n) is 20.2. The predicted molar refractivity (Wildman–Crippen MR) is 126 cm³/mol. The van der Waals surface area contributed by atoms with Crippen molar-refractivity contribution in [2.75, 3.05) is 32.8 Å². The summed E-state index contributed by atoms with van der Waals surface area (Å²) in [4.78, 5) is 53.7. The molecule has 11 heteroatoms. The highest BCUT2D eigenvalue weighted by atomic mass is 19.1. The number of benzene rings is 1. The van der Waals surface area contributed by atoms with E-state index in [-0.39, 0.29) is 48.3 Å². The van der Waals surface area contributed by atoms with E-state index in [1.54, 1.807) is 28.9 Å². The molecule has 0 aliphatic carbocycles. The van der Waals surface area contributed by atoms with E-state index < -0.39 is 5.91 Å². The molecule has 0 radical (unpaired) electrons. The Morgan fingerprint density at radius 1 is 1.14 bits per heavy atom. The Morgan fingerprint density at radius 3 is 2.67 bits per heavy atom. The minimum Gasteiger partial charge on any atom is -0.466 e. The number of aryl methyl sites for hydroxylation is 1. The molecule has 2 aromatic rings. The highest BCUT2D eigenvalue weighted by molar-refractivity contribution is 5.99. The van der Waals surface area contributed by atoms with Crippen LogP contribution in [0.2, 0.25) is 0 Å². The molecule has 1 fully saturated rings. The predicted octanol–water partition coefficient (Wildman–Crippen LogP) is 1.60. The van der Waals surface area contributed by atoms with Gasteiger partial charge in [-0.1, -0.05) is 12.1 Å². The van der Waals surface area contributed by atoms with Gasteiger partial charge in [0.1, 0.15) is 11.5 Å². The van der Waals surface area contributed by atoms with Crippen molar-refractivity contribution in [3.05, 3.63) is 53.1 Å². The van der Waals surface area contributed by atoms with Gasteiger partial charge in [-0.15, -0.1) is 0 Å². The molecule has 10 nitrogen and oxygen atoms in total. The van der Waals surface area contributed by atoms with Crippen LogP contribution in [-0.2, 0) is 27.4 Å². The average Bonchev–Trinajstić information content (AvgIpc) is 3.26. The van der Waals surface area contributed by atoms with Gasteiger partial charge in [-0.3, -0.25) is 23.9 Å². The van der Waals surface area contributed by atoms with Crippen molar-refractivity contribution < 1.29 is 28.3 Å². The zero-order valence-corrected chi connectivity index (χ0v) is 20.2. The summed E-state index contributed by atoms with van der Waals surface area (Å²) in [5.74, 6) is -2.12. The van der Waals surface area contributed by atoms with Gasteiger partial charge >= 0.3 is 5.97 Å². The normalized spacial score (nSPS) is 17.8. The topological polar surface area (TPSA) is 114 Å². The lowest BCUT2D eigenvalue weighted by molar-refractivity contribution is -0.151. The maximum absolute atomic E-state index is 13.2. The van der Waals surface area contributed by atoms with Crippen LogP contribution < -0.4 is 5.32 Å². The second-order valence-corrected chi connectivity index (χ2v) is 8.96. The van der Waals surface area contributed by atoms with E-state index in [9.17, 15) is 23.6 Å². The number of nitrogens with one attached hydrogen (secondary N) is 1. The van der Waals surface area contributed by atoms with Crippen molar-refractivity contribution in [3.63, 3.8) is 0 Å². The van der Waals surface area contributed by atoms with Crippen LogP contribution in [0, 0.1) is 11.7 Å². The molecule has 192 valence electrons. The smallest absolute Gasteiger partial charge is 0.310 e. The van der Waals surface area contributed by atoms with Crippen LogP contribution in [0.3, 0.4) is 0 Å². The lowest BCUT2D eigenvalue weighted by atomic mass is 9.98. The van der Waals surface area contributed by atoms with E-state index in [2.05, 4.69) is 10.4 Å². The van der Waals surface area contributed by atoms with Gasteiger partial charge in [0, 0.05) is 38.8 Å². The van der Waals surface area contributed by atoms with E-state index >= 15 is 0 Å². The number of carbonyl (C=O) groups excluding carboxylic acids is 4. The summed E-state index contributed by atoms with van der Waals surface area (Å²) in [6.45, 7) is 3.89. The minimum atomic E-state index is -0.555. The average molecular weight is 500 g/mol. The molecular weight excluding hydrogens is 469 g/mol. The number of halogens is 1. The Bertz CT molecular complexity index is 1130. The number of hydrogen-bond donors (Lipinski definition) is 1. The Kier molecular flexibility index (Phi) is 7.97.